The van der Waals surface area contributed by atoms with E-state index in [1.807, 2.05) is 20.8 Å². The summed E-state index contributed by atoms with van der Waals surface area (Å²) >= 11 is 0. The van der Waals surface area contributed by atoms with Crippen molar-refractivity contribution in [2.75, 3.05) is 0 Å². The van der Waals surface area contributed by atoms with E-state index >= 15 is 0 Å². The minimum absolute atomic E-state index is 0.0133. The first-order valence-electron chi connectivity index (χ1n) is 4.97. The first-order chi connectivity index (χ1) is 6.59. The van der Waals surface area contributed by atoms with Crippen LogP contribution in [0.4, 0.5) is 0 Å². The van der Waals surface area contributed by atoms with E-state index < -0.39 is 0 Å². The maximum atomic E-state index is 11.8. The van der Waals surface area contributed by atoms with Gasteiger partial charge in [-0.3, -0.25) is 4.79 Å². The van der Waals surface area contributed by atoms with Gasteiger partial charge in [0.1, 0.15) is 11.5 Å². The number of nitrogens with one attached hydrogen (secondary N) is 1. The van der Waals surface area contributed by atoms with Crippen LogP contribution in [0.3, 0.4) is 0 Å². The van der Waals surface area contributed by atoms with Gasteiger partial charge in [0.05, 0.1) is 5.56 Å². The lowest BCUT2D eigenvalue weighted by molar-refractivity contribution is 0.0949. The molecule has 1 aromatic rings. The number of carbonyl (C=O) groups is 1. The molecule has 0 spiro atoms. The highest BCUT2D eigenvalue weighted by molar-refractivity contribution is 5.97. The molecule has 1 amide bonds. The van der Waals surface area contributed by atoms with Crippen molar-refractivity contribution in [2.45, 2.75) is 39.7 Å². The van der Waals surface area contributed by atoms with Gasteiger partial charge in [-0.1, -0.05) is 0 Å². The maximum absolute atomic E-state index is 11.8. The number of amides is 1. The van der Waals surface area contributed by atoms with Crippen LogP contribution in [0.2, 0.25) is 0 Å². The number of aryl methyl sites for hydroxylation is 2. The van der Waals surface area contributed by atoms with Crippen molar-refractivity contribution < 1.29 is 9.21 Å². The Morgan fingerprint density at radius 2 is 1.93 bits per heavy atom. The standard InChI is InChI=1S/C11H15NO2/c1-6-7(2)14-8(3)10(6)11(13)12-9-4-5-9/h9H,4-5H2,1-3H3,(H,12,13). The molecule has 76 valence electrons. The van der Waals surface area contributed by atoms with E-state index in [2.05, 4.69) is 5.32 Å². The third-order valence-corrected chi connectivity index (χ3v) is 2.70. The van der Waals surface area contributed by atoms with E-state index in [0.29, 0.717) is 6.04 Å². The summed E-state index contributed by atoms with van der Waals surface area (Å²) in [5.74, 6) is 1.57. The molecule has 0 aliphatic heterocycles. The smallest absolute Gasteiger partial charge is 0.255 e. The second-order valence-corrected chi connectivity index (χ2v) is 3.96. The van der Waals surface area contributed by atoms with Gasteiger partial charge in [0.15, 0.2) is 0 Å². The number of hydrogen-bond acceptors (Lipinski definition) is 2. The average molecular weight is 193 g/mol. The Morgan fingerprint density at radius 3 is 2.36 bits per heavy atom. The van der Waals surface area contributed by atoms with Crippen molar-refractivity contribution in [2.24, 2.45) is 0 Å². The number of furan rings is 1. The molecule has 1 saturated carbocycles. The lowest BCUT2D eigenvalue weighted by Gasteiger charge is -2.02. The number of carbonyl (C=O) groups excluding carboxylic acids is 1. The largest absolute Gasteiger partial charge is 0.466 e. The van der Waals surface area contributed by atoms with E-state index in [-0.39, 0.29) is 5.91 Å². The van der Waals surface area contributed by atoms with Gasteiger partial charge in [0.2, 0.25) is 0 Å². The monoisotopic (exact) mass is 193 g/mol. The molecule has 3 heteroatoms. The molecular formula is C11H15NO2. The summed E-state index contributed by atoms with van der Waals surface area (Å²) in [5, 5.41) is 2.97. The fraction of sp³-hybridized carbons (Fsp3) is 0.545. The van der Waals surface area contributed by atoms with Crippen molar-refractivity contribution in [3.05, 3.63) is 22.6 Å². The molecule has 0 saturated heterocycles. The van der Waals surface area contributed by atoms with Gasteiger partial charge in [-0.05, 0) is 33.6 Å². The van der Waals surface area contributed by atoms with Gasteiger partial charge in [-0.25, -0.2) is 0 Å². The van der Waals surface area contributed by atoms with E-state index in [1.165, 1.54) is 0 Å². The molecule has 1 aromatic heterocycles. The lowest BCUT2D eigenvalue weighted by Crippen LogP contribution is -2.26. The molecule has 3 nitrogen and oxygen atoms in total. The molecule has 2 rings (SSSR count). The van der Waals surface area contributed by atoms with Crippen LogP contribution in [0.15, 0.2) is 4.42 Å². The summed E-state index contributed by atoms with van der Waals surface area (Å²) < 4.78 is 5.41. The predicted molar refractivity (Wildman–Crippen MR) is 53.4 cm³/mol. The zero-order valence-corrected chi connectivity index (χ0v) is 8.81. The Kier molecular flexibility index (Phi) is 2.10. The van der Waals surface area contributed by atoms with Crippen LogP contribution < -0.4 is 5.32 Å². The Labute approximate surface area is 83.5 Å². The Bertz CT molecular complexity index is 375. The summed E-state index contributed by atoms with van der Waals surface area (Å²) in [6, 6.07) is 0.400. The molecule has 14 heavy (non-hydrogen) atoms. The van der Waals surface area contributed by atoms with Gasteiger partial charge in [-0.15, -0.1) is 0 Å². The van der Waals surface area contributed by atoms with Crippen LogP contribution in [-0.2, 0) is 0 Å². The Hall–Kier alpha value is -1.25. The highest BCUT2D eigenvalue weighted by Crippen LogP contribution is 2.23. The number of rotatable bonds is 2. The summed E-state index contributed by atoms with van der Waals surface area (Å²) in [6.07, 6.45) is 2.22. The SMILES string of the molecule is Cc1oc(C)c(C(=O)NC2CC2)c1C. The zero-order chi connectivity index (χ0) is 10.3. The zero-order valence-electron chi connectivity index (χ0n) is 8.81. The van der Waals surface area contributed by atoms with Crippen LogP contribution in [0.25, 0.3) is 0 Å². The van der Waals surface area contributed by atoms with Gasteiger partial charge < -0.3 is 9.73 Å². The molecule has 1 aliphatic rings. The topological polar surface area (TPSA) is 42.2 Å². The minimum Gasteiger partial charge on any atom is -0.466 e. The molecule has 0 aromatic carbocycles. The predicted octanol–water partition coefficient (Wildman–Crippen LogP) is 2.10. The van der Waals surface area contributed by atoms with Crippen LogP contribution >= 0.6 is 0 Å². The third-order valence-electron chi connectivity index (χ3n) is 2.70. The van der Waals surface area contributed by atoms with Crippen molar-refractivity contribution in [1.29, 1.82) is 0 Å². The fourth-order valence-electron chi connectivity index (χ4n) is 1.61. The highest BCUT2D eigenvalue weighted by atomic mass is 16.3. The second-order valence-electron chi connectivity index (χ2n) is 3.96. The van der Waals surface area contributed by atoms with Crippen molar-refractivity contribution in [3.8, 4) is 0 Å². The first kappa shape index (κ1) is 9.31. The average Bonchev–Trinajstić information content (AvgIpc) is 2.83. The fourth-order valence-corrected chi connectivity index (χ4v) is 1.61. The summed E-state index contributed by atoms with van der Waals surface area (Å²) in [5.41, 5.74) is 1.68. The minimum atomic E-state index is 0.0133. The molecular weight excluding hydrogens is 178 g/mol. The van der Waals surface area contributed by atoms with E-state index in [4.69, 9.17) is 4.42 Å². The first-order valence-corrected chi connectivity index (χ1v) is 4.97. The third kappa shape index (κ3) is 1.54. The summed E-state index contributed by atoms with van der Waals surface area (Å²) in [7, 11) is 0. The molecule has 1 N–H and O–H groups in total. The molecule has 0 atom stereocenters. The summed E-state index contributed by atoms with van der Waals surface area (Å²) in [4.78, 5) is 11.8. The van der Waals surface area contributed by atoms with Crippen LogP contribution in [-0.4, -0.2) is 11.9 Å². The Morgan fingerprint density at radius 1 is 1.29 bits per heavy atom. The molecule has 1 heterocycles. The van der Waals surface area contributed by atoms with Crippen molar-refractivity contribution in [3.63, 3.8) is 0 Å². The molecule has 0 radical (unpaired) electrons. The van der Waals surface area contributed by atoms with Crippen LogP contribution in [0.5, 0.6) is 0 Å². The summed E-state index contributed by atoms with van der Waals surface area (Å²) in [6.45, 7) is 5.64. The molecule has 1 fully saturated rings. The van der Waals surface area contributed by atoms with Gasteiger partial charge in [0, 0.05) is 11.6 Å². The van der Waals surface area contributed by atoms with Crippen molar-refractivity contribution >= 4 is 5.91 Å². The number of hydrogen-bond donors (Lipinski definition) is 1. The quantitative estimate of drug-likeness (QED) is 0.781. The lowest BCUT2D eigenvalue weighted by atomic mass is 10.1. The van der Waals surface area contributed by atoms with Gasteiger partial charge >= 0.3 is 0 Å². The maximum Gasteiger partial charge on any atom is 0.255 e. The molecule has 1 aliphatic carbocycles. The van der Waals surface area contributed by atoms with E-state index in [1.54, 1.807) is 0 Å². The van der Waals surface area contributed by atoms with Crippen molar-refractivity contribution in [1.82, 2.24) is 5.32 Å². The van der Waals surface area contributed by atoms with E-state index in [0.717, 1.165) is 35.5 Å². The van der Waals surface area contributed by atoms with E-state index in [9.17, 15) is 4.79 Å². The molecule has 0 unspecified atom stereocenters. The van der Waals surface area contributed by atoms with Gasteiger partial charge in [0.25, 0.3) is 5.91 Å². The van der Waals surface area contributed by atoms with Crippen LogP contribution in [0, 0.1) is 20.8 Å². The van der Waals surface area contributed by atoms with Crippen LogP contribution in [0.1, 0.15) is 40.3 Å². The highest BCUT2D eigenvalue weighted by Gasteiger charge is 2.26. The Balaban J connectivity index is 2.24. The normalized spacial score (nSPS) is 15.6. The molecule has 0 bridgehead atoms. The van der Waals surface area contributed by atoms with Gasteiger partial charge in [-0.2, -0.15) is 0 Å². The second kappa shape index (κ2) is 3.15.